The van der Waals surface area contributed by atoms with Gasteiger partial charge in [0, 0.05) is 10.8 Å². The highest BCUT2D eigenvalue weighted by Gasteiger charge is 2.19. The van der Waals surface area contributed by atoms with Gasteiger partial charge in [-0.25, -0.2) is 4.98 Å². The first-order valence-electron chi connectivity index (χ1n) is 8.00. The molecule has 9 heteroatoms. The molecule has 0 spiro atoms. The van der Waals surface area contributed by atoms with Crippen LogP contribution in [0, 0.1) is 10.1 Å². The van der Waals surface area contributed by atoms with Gasteiger partial charge >= 0.3 is 0 Å². The predicted molar refractivity (Wildman–Crippen MR) is 104 cm³/mol. The van der Waals surface area contributed by atoms with Crippen molar-refractivity contribution >= 4 is 40.4 Å². The number of nitro benzene ring substituents is 1. The van der Waals surface area contributed by atoms with Crippen molar-refractivity contribution in [2.24, 2.45) is 0 Å². The fraction of sp³-hybridized carbons (Fsp3) is 0.412. The highest BCUT2D eigenvalue weighted by molar-refractivity contribution is 8.01. The Hall–Kier alpha value is -2.13. The maximum Gasteiger partial charge on any atom is 0.296 e. The van der Waals surface area contributed by atoms with E-state index < -0.39 is 4.92 Å². The van der Waals surface area contributed by atoms with Crippen molar-refractivity contribution in [2.45, 2.75) is 37.4 Å². The maximum absolute atomic E-state index is 12.2. The molecule has 1 aromatic heterocycles. The Balaban J connectivity index is 2.01. The third kappa shape index (κ3) is 5.43. The van der Waals surface area contributed by atoms with E-state index in [9.17, 15) is 14.9 Å². The largest absolute Gasteiger partial charge is 0.494 e. The molecule has 0 radical (unpaired) electrons. The second-order valence-electron chi connectivity index (χ2n) is 6.45. The third-order valence-electron chi connectivity index (χ3n) is 3.33. The summed E-state index contributed by atoms with van der Waals surface area (Å²) in [7, 11) is 0. The van der Waals surface area contributed by atoms with E-state index in [-0.39, 0.29) is 28.4 Å². The van der Waals surface area contributed by atoms with Gasteiger partial charge in [-0.2, -0.15) is 0 Å². The molecule has 26 heavy (non-hydrogen) atoms. The van der Waals surface area contributed by atoms with Crippen LogP contribution in [-0.2, 0) is 10.2 Å². The zero-order valence-corrected chi connectivity index (χ0v) is 16.7. The molecule has 0 fully saturated rings. The van der Waals surface area contributed by atoms with Crippen LogP contribution in [-0.4, -0.2) is 28.2 Å². The number of benzene rings is 1. The van der Waals surface area contributed by atoms with Crippen LogP contribution >= 0.6 is 23.1 Å². The molecule has 2 rings (SSSR count). The molecule has 0 aliphatic heterocycles. The summed E-state index contributed by atoms with van der Waals surface area (Å²) in [6, 6.07) is 4.38. The van der Waals surface area contributed by atoms with Gasteiger partial charge in [-0.15, -0.1) is 11.3 Å². The average Bonchev–Trinajstić information content (AvgIpc) is 3.04. The first kappa shape index (κ1) is 20.2. The van der Waals surface area contributed by atoms with Gasteiger partial charge in [-0.1, -0.05) is 32.5 Å². The third-order valence-corrected chi connectivity index (χ3v) is 5.35. The quantitative estimate of drug-likeness (QED) is 0.422. The van der Waals surface area contributed by atoms with Gasteiger partial charge in [-0.3, -0.25) is 14.9 Å². The molecule has 2 aromatic rings. The topological polar surface area (TPSA) is 94.4 Å². The molecule has 0 bridgehead atoms. The highest BCUT2D eigenvalue weighted by atomic mass is 32.2. The van der Waals surface area contributed by atoms with E-state index in [1.165, 1.54) is 35.2 Å². The number of carbonyl (C=O) groups excluding carboxylic acids is 1. The van der Waals surface area contributed by atoms with E-state index in [0.29, 0.717) is 12.4 Å². The molecule has 0 aliphatic rings. The summed E-state index contributed by atoms with van der Waals surface area (Å²) in [6.45, 7) is 8.43. The molecule has 0 aliphatic carbocycles. The number of nitrogens with one attached hydrogen (secondary N) is 1. The molecule has 0 saturated heterocycles. The van der Waals surface area contributed by atoms with Crippen LogP contribution in [0.1, 0.15) is 33.4 Å². The number of thiazole rings is 1. The Morgan fingerprint density at radius 3 is 2.73 bits per heavy atom. The molecule has 1 heterocycles. The van der Waals surface area contributed by atoms with Crippen molar-refractivity contribution < 1.29 is 14.5 Å². The van der Waals surface area contributed by atoms with Crippen molar-refractivity contribution in [3.63, 3.8) is 0 Å². The number of nitrogens with zero attached hydrogens (tertiary/aromatic N) is 2. The Kier molecular flexibility index (Phi) is 6.60. The van der Waals surface area contributed by atoms with E-state index in [1.807, 2.05) is 5.38 Å². The van der Waals surface area contributed by atoms with Crippen molar-refractivity contribution in [3.8, 4) is 5.75 Å². The lowest BCUT2D eigenvalue weighted by Crippen LogP contribution is -2.15. The Bertz CT molecular complexity index is 800. The second kappa shape index (κ2) is 8.50. The van der Waals surface area contributed by atoms with Crippen LogP contribution in [0.4, 0.5) is 11.4 Å². The summed E-state index contributed by atoms with van der Waals surface area (Å²) in [5, 5.41) is 15.8. The average molecular weight is 396 g/mol. The number of hydrogen-bond acceptors (Lipinski definition) is 7. The molecule has 0 saturated carbocycles. The molecule has 0 unspecified atom stereocenters. The minimum absolute atomic E-state index is 0.0412. The van der Waals surface area contributed by atoms with Crippen molar-refractivity contribution in [2.75, 3.05) is 17.7 Å². The lowest BCUT2D eigenvalue weighted by atomic mass is 9.93. The van der Waals surface area contributed by atoms with E-state index in [1.54, 1.807) is 13.0 Å². The number of nitro groups is 1. The smallest absolute Gasteiger partial charge is 0.296 e. The molecule has 1 N–H and O–H groups in total. The van der Waals surface area contributed by atoms with Gasteiger partial charge in [0.15, 0.2) is 4.34 Å². The monoisotopic (exact) mass is 395 g/mol. The zero-order valence-electron chi connectivity index (χ0n) is 15.1. The Labute approximate surface area is 160 Å². The highest BCUT2D eigenvalue weighted by Crippen LogP contribution is 2.31. The minimum atomic E-state index is -0.540. The summed E-state index contributed by atoms with van der Waals surface area (Å²) in [5.74, 6) is 0.195. The summed E-state index contributed by atoms with van der Waals surface area (Å²) in [5.41, 5.74) is 0.894. The van der Waals surface area contributed by atoms with Crippen molar-refractivity contribution in [3.05, 3.63) is 39.4 Å². The summed E-state index contributed by atoms with van der Waals surface area (Å²) in [6.07, 6.45) is 0. The molecule has 1 amide bonds. The molecule has 140 valence electrons. The number of rotatable bonds is 7. The fourth-order valence-corrected chi connectivity index (χ4v) is 3.86. The van der Waals surface area contributed by atoms with E-state index >= 15 is 0 Å². The van der Waals surface area contributed by atoms with Gasteiger partial charge in [-0.05, 0) is 19.1 Å². The lowest BCUT2D eigenvalue weighted by molar-refractivity contribution is -0.384. The number of ether oxygens (including phenoxy) is 1. The normalized spacial score (nSPS) is 11.2. The fourth-order valence-electron chi connectivity index (χ4n) is 2.01. The summed E-state index contributed by atoms with van der Waals surface area (Å²) >= 11 is 2.80. The molecule has 0 atom stereocenters. The molecular weight excluding hydrogens is 374 g/mol. The van der Waals surface area contributed by atoms with Gasteiger partial charge in [0.1, 0.15) is 11.4 Å². The number of aromatic nitrogens is 1. The van der Waals surface area contributed by atoms with Crippen LogP contribution in [0.2, 0.25) is 0 Å². The van der Waals surface area contributed by atoms with E-state index in [2.05, 4.69) is 31.1 Å². The molecule has 7 nitrogen and oxygen atoms in total. The van der Waals surface area contributed by atoms with Crippen LogP contribution < -0.4 is 10.1 Å². The van der Waals surface area contributed by atoms with Gasteiger partial charge in [0.25, 0.3) is 5.69 Å². The van der Waals surface area contributed by atoms with E-state index in [0.717, 1.165) is 10.0 Å². The Morgan fingerprint density at radius 1 is 1.42 bits per heavy atom. The number of carbonyl (C=O) groups is 1. The number of thioether (sulfide) groups is 1. The zero-order chi connectivity index (χ0) is 19.3. The summed E-state index contributed by atoms with van der Waals surface area (Å²) in [4.78, 5) is 27.4. The van der Waals surface area contributed by atoms with Crippen molar-refractivity contribution in [1.29, 1.82) is 0 Å². The summed E-state index contributed by atoms with van der Waals surface area (Å²) < 4.78 is 6.06. The van der Waals surface area contributed by atoms with Crippen molar-refractivity contribution in [1.82, 2.24) is 4.98 Å². The number of anilines is 1. The molecule has 1 aromatic carbocycles. The predicted octanol–water partition coefficient (Wildman–Crippen LogP) is 4.48. The van der Waals surface area contributed by atoms with Crippen LogP contribution in [0.15, 0.2) is 27.9 Å². The van der Waals surface area contributed by atoms with Crippen LogP contribution in [0.5, 0.6) is 5.75 Å². The maximum atomic E-state index is 12.2. The number of amides is 1. The second-order valence-corrected chi connectivity index (χ2v) is 8.54. The molecular formula is C17H21N3O4S2. The Morgan fingerprint density at radius 2 is 2.15 bits per heavy atom. The SMILES string of the molecule is CCOc1ccc(NC(=O)CSc2nc(C(C)(C)C)cs2)c([N+](=O)[O-])c1. The van der Waals surface area contributed by atoms with Gasteiger partial charge < -0.3 is 10.1 Å². The first-order chi connectivity index (χ1) is 12.2. The van der Waals surface area contributed by atoms with Gasteiger partial charge in [0.05, 0.1) is 29.0 Å². The standard InChI is InChI=1S/C17H21N3O4S2/c1-5-24-11-6-7-12(13(8-11)20(22)23)18-15(21)10-26-16-19-14(9-25-16)17(2,3)4/h6-9H,5,10H2,1-4H3,(H,18,21). The number of hydrogen-bond donors (Lipinski definition) is 1. The first-order valence-corrected chi connectivity index (χ1v) is 9.87. The van der Waals surface area contributed by atoms with Crippen LogP contribution in [0.3, 0.4) is 0 Å². The lowest BCUT2D eigenvalue weighted by Gasteiger charge is -2.14. The van der Waals surface area contributed by atoms with E-state index in [4.69, 9.17) is 4.74 Å². The van der Waals surface area contributed by atoms with Gasteiger partial charge in [0.2, 0.25) is 5.91 Å². The van der Waals surface area contributed by atoms with Crippen LogP contribution in [0.25, 0.3) is 0 Å². The minimum Gasteiger partial charge on any atom is -0.494 e.